The summed E-state index contributed by atoms with van der Waals surface area (Å²) in [4.78, 5) is 40.8. The second kappa shape index (κ2) is 7.12. The van der Waals surface area contributed by atoms with Gasteiger partial charge in [0, 0.05) is 18.7 Å². The Kier molecular flexibility index (Phi) is 4.89. The zero-order chi connectivity index (χ0) is 18.8. The van der Waals surface area contributed by atoms with Crippen molar-refractivity contribution in [3.63, 3.8) is 0 Å². The molecule has 1 heterocycles. The van der Waals surface area contributed by atoms with Crippen molar-refractivity contribution in [2.75, 3.05) is 7.05 Å². The van der Waals surface area contributed by atoms with Crippen molar-refractivity contribution in [1.82, 2.24) is 9.80 Å². The molecule has 0 bridgehead atoms. The van der Waals surface area contributed by atoms with Crippen LogP contribution < -0.4 is 0 Å². The van der Waals surface area contributed by atoms with Crippen LogP contribution in [0.25, 0.3) is 0 Å². The third kappa shape index (κ3) is 3.12. The molecule has 26 heavy (non-hydrogen) atoms. The van der Waals surface area contributed by atoms with Crippen molar-refractivity contribution in [3.8, 4) is 0 Å². The van der Waals surface area contributed by atoms with Gasteiger partial charge in [0.05, 0.1) is 17.7 Å². The summed E-state index contributed by atoms with van der Waals surface area (Å²) in [6, 6.07) is 14.2. The first-order valence-electron chi connectivity index (χ1n) is 8.75. The molecule has 0 spiro atoms. The number of rotatable bonds is 5. The molecule has 134 valence electrons. The third-order valence-electron chi connectivity index (χ3n) is 4.97. The molecule has 0 N–H and O–H groups in total. The predicted molar refractivity (Wildman–Crippen MR) is 98.9 cm³/mol. The minimum atomic E-state index is -0.352. The van der Waals surface area contributed by atoms with Crippen molar-refractivity contribution in [1.29, 1.82) is 0 Å². The highest BCUT2D eigenvalue weighted by atomic mass is 16.2. The van der Waals surface area contributed by atoms with Crippen molar-refractivity contribution >= 4 is 17.7 Å². The van der Waals surface area contributed by atoms with E-state index in [1.54, 1.807) is 30.1 Å². The molecular weight excluding hydrogens is 328 g/mol. The van der Waals surface area contributed by atoms with E-state index in [4.69, 9.17) is 0 Å². The van der Waals surface area contributed by atoms with Gasteiger partial charge in [-0.05, 0) is 37.1 Å². The highest BCUT2D eigenvalue weighted by Gasteiger charge is 2.36. The van der Waals surface area contributed by atoms with Crippen LogP contribution in [0.3, 0.4) is 0 Å². The van der Waals surface area contributed by atoms with Gasteiger partial charge >= 0.3 is 0 Å². The first-order valence-corrected chi connectivity index (χ1v) is 8.75. The Balaban J connectivity index is 1.87. The van der Waals surface area contributed by atoms with E-state index < -0.39 is 0 Å². The number of hydrogen-bond acceptors (Lipinski definition) is 3. The van der Waals surface area contributed by atoms with Gasteiger partial charge in [-0.15, -0.1) is 0 Å². The second-order valence-electron chi connectivity index (χ2n) is 6.62. The van der Waals surface area contributed by atoms with Crippen LogP contribution in [0, 0.1) is 0 Å². The van der Waals surface area contributed by atoms with Crippen molar-refractivity contribution in [2.45, 2.75) is 32.9 Å². The van der Waals surface area contributed by atoms with Crippen LogP contribution in [-0.2, 0) is 6.54 Å². The molecule has 0 fully saturated rings. The normalized spacial score (nSPS) is 14.3. The van der Waals surface area contributed by atoms with Gasteiger partial charge in [0.15, 0.2) is 0 Å². The number of carbonyl (C=O) groups excluding carboxylic acids is 3. The molecule has 2 aromatic carbocycles. The Hall–Kier alpha value is -2.95. The van der Waals surface area contributed by atoms with Crippen molar-refractivity contribution in [3.05, 3.63) is 70.8 Å². The first-order chi connectivity index (χ1) is 12.4. The average molecular weight is 350 g/mol. The second-order valence-corrected chi connectivity index (χ2v) is 6.62. The summed E-state index contributed by atoms with van der Waals surface area (Å²) < 4.78 is 0. The summed E-state index contributed by atoms with van der Waals surface area (Å²) in [5.41, 5.74) is 1.96. The molecule has 2 aromatic rings. The number of amides is 3. The van der Waals surface area contributed by atoms with Crippen LogP contribution in [0.1, 0.15) is 56.9 Å². The van der Waals surface area contributed by atoms with E-state index in [2.05, 4.69) is 0 Å². The molecule has 0 saturated heterocycles. The zero-order valence-electron chi connectivity index (χ0n) is 15.2. The monoisotopic (exact) mass is 350 g/mol. The number of hydrogen-bond donors (Lipinski definition) is 0. The standard InChI is InChI=1S/C21H22N2O3/c1-4-14(2)22(3)19(24)16-10-11-17-18(12-16)21(26)23(20(17)25)13-15-8-6-5-7-9-15/h5-12,14H,4,13H2,1-3H3. The Morgan fingerprint density at radius 2 is 1.69 bits per heavy atom. The summed E-state index contributed by atoms with van der Waals surface area (Å²) >= 11 is 0. The van der Waals surface area contributed by atoms with E-state index >= 15 is 0 Å². The molecule has 0 radical (unpaired) electrons. The third-order valence-corrected chi connectivity index (χ3v) is 4.97. The van der Waals surface area contributed by atoms with Gasteiger partial charge in [-0.3, -0.25) is 19.3 Å². The van der Waals surface area contributed by atoms with Crippen LogP contribution in [0.2, 0.25) is 0 Å². The fraction of sp³-hybridized carbons (Fsp3) is 0.286. The SMILES string of the molecule is CCC(C)N(C)C(=O)c1ccc2c(c1)C(=O)N(Cc1ccccc1)C2=O. The van der Waals surface area contributed by atoms with Crippen LogP contribution in [-0.4, -0.2) is 40.6 Å². The fourth-order valence-electron chi connectivity index (χ4n) is 3.01. The smallest absolute Gasteiger partial charge is 0.261 e. The summed E-state index contributed by atoms with van der Waals surface area (Å²) in [6.07, 6.45) is 0.843. The Morgan fingerprint density at radius 3 is 2.35 bits per heavy atom. The Bertz CT molecular complexity index is 861. The topological polar surface area (TPSA) is 57.7 Å². The van der Waals surface area contributed by atoms with E-state index in [9.17, 15) is 14.4 Å². The Morgan fingerprint density at radius 1 is 1.04 bits per heavy atom. The molecular formula is C21H22N2O3. The number of carbonyl (C=O) groups is 3. The van der Waals surface area contributed by atoms with E-state index in [-0.39, 0.29) is 30.3 Å². The van der Waals surface area contributed by atoms with Gasteiger partial charge in [-0.25, -0.2) is 0 Å². The first kappa shape index (κ1) is 17.9. The van der Waals surface area contributed by atoms with Gasteiger partial charge in [0.2, 0.25) is 0 Å². The molecule has 1 unspecified atom stereocenters. The van der Waals surface area contributed by atoms with Gasteiger partial charge in [0.25, 0.3) is 17.7 Å². The fourth-order valence-corrected chi connectivity index (χ4v) is 3.01. The van der Waals surface area contributed by atoms with Crippen LogP contribution in [0.4, 0.5) is 0 Å². The van der Waals surface area contributed by atoms with E-state index in [0.717, 1.165) is 12.0 Å². The number of benzene rings is 2. The van der Waals surface area contributed by atoms with Crippen molar-refractivity contribution < 1.29 is 14.4 Å². The molecule has 3 rings (SSSR count). The lowest BCUT2D eigenvalue weighted by atomic mass is 10.0. The molecule has 1 aliphatic rings. The zero-order valence-corrected chi connectivity index (χ0v) is 15.2. The minimum Gasteiger partial charge on any atom is -0.339 e. The molecule has 1 aliphatic heterocycles. The highest BCUT2D eigenvalue weighted by molar-refractivity contribution is 6.22. The van der Waals surface area contributed by atoms with E-state index in [1.165, 1.54) is 4.90 Å². The summed E-state index contributed by atoms with van der Waals surface area (Å²) in [7, 11) is 1.75. The van der Waals surface area contributed by atoms with Crippen LogP contribution in [0.5, 0.6) is 0 Å². The summed E-state index contributed by atoms with van der Waals surface area (Å²) in [5.74, 6) is -0.818. The van der Waals surface area contributed by atoms with E-state index in [1.807, 2.05) is 44.2 Å². The molecule has 0 aromatic heterocycles. The lowest BCUT2D eigenvalue weighted by Crippen LogP contribution is -2.34. The lowest BCUT2D eigenvalue weighted by molar-refractivity contribution is 0.0642. The maximum atomic E-state index is 12.7. The maximum absolute atomic E-state index is 12.7. The molecule has 1 atom stereocenters. The predicted octanol–water partition coefficient (Wildman–Crippen LogP) is 3.35. The molecule has 3 amide bonds. The van der Waals surface area contributed by atoms with Gasteiger partial charge in [-0.2, -0.15) is 0 Å². The number of nitrogens with zero attached hydrogens (tertiary/aromatic N) is 2. The average Bonchev–Trinajstić information content (AvgIpc) is 2.91. The van der Waals surface area contributed by atoms with Crippen LogP contribution >= 0.6 is 0 Å². The largest absolute Gasteiger partial charge is 0.339 e. The van der Waals surface area contributed by atoms with Gasteiger partial charge in [0.1, 0.15) is 0 Å². The molecule has 0 saturated carbocycles. The van der Waals surface area contributed by atoms with Crippen molar-refractivity contribution in [2.24, 2.45) is 0 Å². The summed E-state index contributed by atoms with van der Waals surface area (Å²) in [5, 5.41) is 0. The number of fused-ring (bicyclic) bond motifs is 1. The maximum Gasteiger partial charge on any atom is 0.261 e. The molecule has 5 nitrogen and oxygen atoms in total. The van der Waals surface area contributed by atoms with E-state index in [0.29, 0.717) is 16.7 Å². The number of imide groups is 1. The highest BCUT2D eigenvalue weighted by Crippen LogP contribution is 2.26. The Labute approximate surface area is 153 Å². The summed E-state index contributed by atoms with van der Waals surface area (Å²) in [6.45, 7) is 4.21. The lowest BCUT2D eigenvalue weighted by Gasteiger charge is -2.24. The van der Waals surface area contributed by atoms with Gasteiger partial charge < -0.3 is 4.90 Å². The van der Waals surface area contributed by atoms with Crippen LogP contribution in [0.15, 0.2) is 48.5 Å². The quantitative estimate of drug-likeness (QED) is 0.777. The molecule has 0 aliphatic carbocycles. The molecule has 5 heteroatoms. The minimum absolute atomic E-state index is 0.0997. The van der Waals surface area contributed by atoms with Gasteiger partial charge in [-0.1, -0.05) is 37.3 Å².